The topological polar surface area (TPSA) is 56.7 Å². The van der Waals surface area contributed by atoms with E-state index >= 15 is 0 Å². The van der Waals surface area contributed by atoms with Gasteiger partial charge in [-0.1, -0.05) is 6.07 Å². The second-order valence-corrected chi connectivity index (χ2v) is 4.97. The van der Waals surface area contributed by atoms with Crippen molar-refractivity contribution in [3.05, 3.63) is 46.9 Å². The fourth-order valence-electron chi connectivity index (χ4n) is 2.57. The molecule has 2 N–H and O–H groups in total. The van der Waals surface area contributed by atoms with E-state index in [1.165, 1.54) is 12.1 Å². The minimum atomic E-state index is -0.910. The maximum Gasteiger partial charge on any atom is 0.182 e. The van der Waals surface area contributed by atoms with Crippen LogP contribution in [0, 0.1) is 32.4 Å². The van der Waals surface area contributed by atoms with Crippen LogP contribution < -0.4 is 5.73 Å². The van der Waals surface area contributed by atoms with Crippen molar-refractivity contribution < 1.29 is 8.78 Å². The van der Waals surface area contributed by atoms with Gasteiger partial charge in [-0.3, -0.25) is 4.57 Å². The van der Waals surface area contributed by atoms with Crippen LogP contribution in [-0.4, -0.2) is 14.5 Å². The van der Waals surface area contributed by atoms with E-state index in [1.54, 1.807) is 11.5 Å². The number of halogens is 2. The summed E-state index contributed by atoms with van der Waals surface area (Å²) in [6.07, 6.45) is 0. The first-order valence-electron chi connectivity index (χ1n) is 6.48. The Morgan fingerprint density at radius 3 is 2.52 bits per heavy atom. The van der Waals surface area contributed by atoms with Crippen LogP contribution in [0.1, 0.15) is 17.1 Å². The Morgan fingerprint density at radius 2 is 1.81 bits per heavy atom. The molecule has 0 fully saturated rings. The van der Waals surface area contributed by atoms with Gasteiger partial charge in [-0.2, -0.15) is 0 Å². The summed E-state index contributed by atoms with van der Waals surface area (Å²) in [5, 5.41) is 0.668. The van der Waals surface area contributed by atoms with E-state index in [2.05, 4.69) is 9.97 Å². The van der Waals surface area contributed by atoms with Gasteiger partial charge in [0, 0.05) is 5.69 Å². The third-order valence-electron chi connectivity index (χ3n) is 3.67. The SMILES string of the molecule is Cc1nc(N)c2c(C)c(C)n(-c3cccc(F)c3F)c2n1. The second kappa shape index (κ2) is 4.51. The molecule has 1 aromatic carbocycles. The number of rotatable bonds is 1. The van der Waals surface area contributed by atoms with Gasteiger partial charge in [-0.05, 0) is 38.5 Å². The van der Waals surface area contributed by atoms with Crippen molar-refractivity contribution in [3.8, 4) is 5.69 Å². The van der Waals surface area contributed by atoms with Crippen LogP contribution in [-0.2, 0) is 0 Å². The summed E-state index contributed by atoms with van der Waals surface area (Å²) in [4.78, 5) is 8.48. The van der Waals surface area contributed by atoms with Gasteiger partial charge in [0.2, 0.25) is 0 Å². The zero-order chi connectivity index (χ0) is 15.3. The first-order chi connectivity index (χ1) is 9.91. The molecule has 0 aliphatic heterocycles. The van der Waals surface area contributed by atoms with E-state index in [-0.39, 0.29) is 5.69 Å². The van der Waals surface area contributed by atoms with Crippen molar-refractivity contribution >= 4 is 16.9 Å². The van der Waals surface area contributed by atoms with Gasteiger partial charge in [0.1, 0.15) is 11.6 Å². The summed E-state index contributed by atoms with van der Waals surface area (Å²) in [6, 6.07) is 4.06. The fraction of sp³-hybridized carbons (Fsp3) is 0.200. The van der Waals surface area contributed by atoms with Crippen molar-refractivity contribution in [1.82, 2.24) is 14.5 Å². The number of benzene rings is 1. The minimum Gasteiger partial charge on any atom is -0.383 e. The molecule has 108 valence electrons. The van der Waals surface area contributed by atoms with Crippen LogP contribution in [0.25, 0.3) is 16.7 Å². The van der Waals surface area contributed by atoms with Gasteiger partial charge in [-0.25, -0.2) is 18.7 Å². The Hall–Kier alpha value is -2.50. The molecule has 0 spiro atoms. The highest BCUT2D eigenvalue weighted by Crippen LogP contribution is 2.31. The van der Waals surface area contributed by atoms with Crippen molar-refractivity contribution in [2.75, 3.05) is 5.73 Å². The largest absolute Gasteiger partial charge is 0.383 e. The lowest BCUT2D eigenvalue weighted by molar-refractivity contribution is 0.504. The number of fused-ring (bicyclic) bond motifs is 1. The lowest BCUT2D eigenvalue weighted by atomic mass is 10.2. The molecule has 0 unspecified atom stereocenters. The second-order valence-electron chi connectivity index (χ2n) is 4.97. The molecule has 3 aromatic rings. The highest BCUT2D eigenvalue weighted by molar-refractivity contribution is 5.92. The predicted octanol–water partition coefficient (Wildman–Crippen LogP) is 3.21. The number of aryl methyl sites for hydroxylation is 2. The van der Waals surface area contributed by atoms with Crippen LogP contribution in [0.4, 0.5) is 14.6 Å². The average molecular weight is 288 g/mol. The smallest absolute Gasteiger partial charge is 0.182 e. The molecule has 2 aromatic heterocycles. The van der Waals surface area contributed by atoms with Crippen LogP contribution in [0.3, 0.4) is 0 Å². The van der Waals surface area contributed by atoms with Gasteiger partial charge in [0.05, 0.1) is 11.1 Å². The quantitative estimate of drug-likeness (QED) is 0.748. The maximum absolute atomic E-state index is 14.1. The van der Waals surface area contributed by atoms with Crippen LogP contribution >= 0.6 is 0 Å². The molecule has 6 heteroatoms. The number of nitrogens with two attached hydrogens (primary N) is 1. The van der Waals surface area contributed by atoms with Crippen molar-refractivity contribution in [2.45, 2.75) is 20.8 Å². The molecule has 3 rings (SSSR count). The van der Waals surface area contributed by atoms with E-state index in [4.69, 9.17) is 5.73 Å². The number of anilines is 1. The number of nitrogens with zero attached hydrogens (tertiary/aromatic N) is 3. The molecule has 21 heavy (non-hydrogen) atoms. The Balaban J connectivity index is 2.48. The summed E-state index contributed by atoms with van der Waals surface area (Å²) >= 11 is 0. The summed E-state index contributed by atoms with van der Waals surface area (Å²) in [7, 11) is 0. The summed E-state index contributed by atoms with van der Waals surface area (Å²) in [6.45, 7) is 5.39. The fourth-order valence-corrected chi connectivity index (χ4v) is 2.57. The molecule has 0 aliphatic carbocycles. The third-order valence-corrected chi connectivity index (χ3v) is 3.67. The van der Waals surface area contributed by atoms with Crippen LogP contribution in [0.5, 0.6) is 0 Å². The zero-order valence-electron chi connectivity index (χ0n) is 11.9. The Kier molecular flexibility index (Phi) is 2.90. The van der Waals surface area contributed by atoms with E-state index in [9.17, 15) is 8.78 Å². The average Bonchev–Trinajstić information content (AvgIpc) is 2.66. The monoisotopic (exact) mass is 288 g/mol. The number of hydrogen-bond donors (Lipinski definition) is 1. The maximum atomic E-state index is 14.1. The van der Waals surface area contributed by atoms with E-state index < -0.39 is 11.6 Å². The van der Waals surface area contributed by atoms with Crippen molar-refractivity contribution in [3.63, 3.8) is 0 Å². The highest BCUT2D eigenvalue weighted by Gasteiger charge is 2.20. The van der Waals surface area contributed by atoms with Crippen molar-refractivity contribution in [1.29, 1.82) is 0 Å². The normalized spacial score (nSPS) is 11.3. The minimum absolute atomic E-state index is 0.114. The van der Waals surface area contributed by atoms with E-state index in [0.717, 1.165) is 17.3 Å². The van der Waals surface area contributed by atoms with Gasteiger partial charge < -0.3 is 5.73 Å². The van der Waals surface area contributed by atoms with Gasteiger partial charge in [0.25, 0.3) is 0 Å². The predicted molar refractivity (Wildman–Crippen MR) is 77.4 cm³/mol. The molecule has 0 amide bonds. The van der Waals surface area contributed by atoms with Crippen LogP contribution in [0.2, 0.25) is 0 Å². The van der Waals surface area contributed by atoms with E-state index in [0.29, 0.717) is 22.7 Å². The number of aromatic nitrogens is 3. The molecular weight excluding hydrogens is 274 g/mol. The van der Waals surface area contributed by atoms with Gasteiger partial charge in [-0.15, -0.1) is 0 Å². The molecule has 0 radical (unpaired) electrons. The molecule has 2 heterocycles. The molecule has 0 atom stereocenters. The summed E-state index contributed by atoms with van der Waals surface area (Å²) in [5.74, 6) is -0.985. The number of hydrogen-bond acceptors (Lipinski definition) is 3. The lowest BCUT2D eigenvalue weighted by Gasteiger charge is -2.10. The summed E-state index contributed by atoms with van der Waals surface area (Å²) in [5.41, 5.74) is 8.16. The molecular formula is C15H14F2N4. The molecule has 0 saturated heterocycles. The number of nitrogen functional groups attached to an aromatic ring is 1. The summed E-state index contributed by atoms with van der Waals surface area (Å²) < 4.78 is 29.2. The zero-order valence-corrected chi connectivity index (χ0v) is 11.9. The Morgan fingerprint density at radius 1 is 1.10 bits per heavy atom. The highest BCUT2D eigenvalue weighted by atomic mass is 19.2. The van der Waals surface area contributed by atoms with Gasteiger partial charge >= 0.3 is 0 Å². The molecule has 0 saturated carbocycles. The Bertz CT molecular complexity index is 868. The van der Waals surface area contributed by atoms with E-state index in [1.807, 2.05) is 13.8 Å². The third kappa shape index (κ3) is 1.86. The van der Waals surface area contributed by atoms with Crippen LogP contribution in [0.15, 0.2) is 18.2 Å². The van der Waals surface area contributed by atoms with Gasteiger partial charge in [0.15, 0.2) is 17.3 Å². The lowest BCUT2D eigenvalue weighted by Crippen LogP contribution is -2.04. The first kappa shape index (κ1) is 13.5. The Labute approximate surface area is 120 Å². The standard InChI is InChI=1S/C15H14F2N4/c1-7-8(2)21(11-6-4-5-10(16)13(11)17)15-12(7)14(18)19-9(3)20-15/h4-6H,1-3H3,(H2,18,19,20). The first-order valence-corrected chi connectivity index (χ1v) is 6.48. The molecule has 0 aliphatic rings. The van der Waals surface area contributed by atoms with Crippen molar-refractivity contribution in [2.24, 2.45) is 0 Å². The molecule has 4 nitrogen and oxygen atoms in total. The molecule has 0 bridgehead atoms.